The van der Waals surface area contributed by atoms with E-state index in [0.717, 1.165) is 45.3 Å². The fourth-order valence-electron chi connectivity index (χ4n) is 3.16. The molecule has 0 unspecified atom stereocenters. The molecule has 0 aromatic rings. The first-order valence-corrected chi connectivity index (χ1v) is 7.31. The summed E-state index contributed by atoms with van der Waals surface area (Å²) in [5.74, 6) is 0.601. The van der Waals surface area contributed by atoms with Crippen molar-refractivity contribution in [2.45, 2.75) is 53.4 Å². The molecule has 0 bridgehead atoms. The van der Waals surface area contributed by atoms with Crippen LogP contribution in [0.5, 0.6) is 0 Å². The van der Waals surface area contributed by atoms with Gasteiger partial charge in [0.25, 0.3) is 0 Å². The third-order valence-corrected chi connectivity index (χ3v) is 3.79. The molecule has 0 atom stereocenters. The molecule has 106 valence electrons. The highest BCUT2D eigenvalue weighted by Crippen LogP contribution is 2.39. The summed E-state index contributed by atoms with van der Waals surface area (Å²) in [5.41, 5.74) is -0.468. The first-order chi connectivity index (χ1) is 8.35. The molecular weight excluding hydrogens is 226 g/mol. The van der Waals surface area contributed by atoms with E-state index < -0.39 is 11.4 Å². The molecule has 0 aromatic carbocycles. The quantitative estimate of drug-likeness (QED) is 0.759. The van der Waals surface area contributed by atoms with Gasteiger partial charge in [-0.2, -0.15) is 0 Å². The summed E-state index contributed by atoms with van der Waals surface area (Å²) in [6.07, 6.45) is 3.86. The Morgan fingerprint density at radius 1 is 1.11 bits per heavy atom. The molecule has 0 aromatic heterocycles. The van der Waals surface area contributed by atoms with E-state index in [1.807, 2.05) is 0 Å². The van der Waals surface area contributed by atoms with Crippen LogP contribution in [0.2, 0.25) is 0 Å². The molecule has 3 nitrogen and oxygen atoms in total. The van der Waals surface area contributed by atoms with E-state index in [1.54, 1.807) is 0 Å². The summed E-state index contributed by atoms with van der Waals surface area (Å²) in [6, 6.07) is 0. The zero-order chi connectivity index (χ0) is 13.8. The minimum Gasteiger partial charge on any atom is -0.481 e. The fraction of sp³-hybridized carbons (Fsp3) is 0.933. The lowest BCUT2D eigenvalue weighted by atomic mass is 9.85. The maximum Gasteiger partial charge on any atom is 0.310 e. The van der Waals surface area contributed by atoms with Crippen LogP contribution < -0.4 is 0 Å². The van der Waals surface area contributed by atoms with Gasteiger partial charge in [0, 0.05) is 19.6 Å². The van der Waals surface area contributed by atoms with Gasteiger partial charge in [-0.3, -0.25) is 4.79 Å². The maximum atomic E-state index is 11.6. The monoisotopic (exact) mass is 255 g/mol. The molecule has 1 rings (SSSR count). The number of carboxylic acids is 1. The lowest BCUT2D eigenvalue weighted by Crippen LogP contribution is -2.44. The molecule has 1 N–H and O–H groups in total. The Balaban J connectivity index is 2.70. The molecule has 0 spiro atoms. The molecule has 0 aliphatic heterocycles. The van der Waals surface area contributed by atoms with Crippen LogP contribution in [0.15, 0.2) is 0 Å². The van der Waals surface area contributed by atoms with Gasteiger partial charge >= 0.3 is 5.97 Å². The highest BCUT2D eigenvalue weighted by Gasteiger charge is 2.42. The van der Waals surface area contributed by atoms with Gasteiger partial charge in [-0.1, -0.05) is 40.5 Å². The third kappa shape index (κ3) is 4.27. The van der Waals surface area contributed by atoms with Crippen LogP contribution in [0.3, 0.4) is 0 Å². The Morgan fingerprint density at radius 3 is 1.89 bits per heavy atom. The first kappa shape index (κ1) is 15.5. The predicted octanol–water partition coefficient (Wildman–Crippen LogP) is 3.25. The maximum absolute atomic E-state index is 11.6. The molecule has 1 aliphatic rings. The van der Waals surface area contributed by atoms with Crippen molar-refractivity contribution < 1.29 is 9.90 Å². The van der Waals surface area contributed by atoms with E-state index in [-0.39, 0.29) is 0 Å². The van der Waals surface area contributed by atoms with Gasteiger partial charge in [-0.15, -0.1) is 0 Å². The van der Waals surface area contributed by atoms with Crippen molar-refractivity contribution in [1.82, 2.24) is 4.90 Å². The fourth-order valence-corrected chi connectivity index (χ4v) is 3.16. The molecule has 0 radical (unpaired) electrons. The molecular formula is C15H29NO2. The number of carbonyl (C=O) groups is 1. The minimum atomic E-state index is -0.586. The van der Waals surface area contributed by atoms with Crippen LogP contribution in [-0.4, -0.2) is 35.6 Å². The number of nitrogens with zero attached hydrogens (tertiary/aromatic N) is 1. The van der Waals surface area contributed by atoms with E-state index in [0.29, 0.717) is 11.8 Å². The summed E-state index contributed by atoms with van der Waals surface area (Å²) in [5, 5.41) is 9.55. The molecule has 1 aliphatic carbocycles. The topological polar surface area (TPSA) is 40.5 Å². The Kier molecular flexibility index (Phi) is 5.64. The second-order valence-corrected chi connectivity index (χ2v) is 6.77. The average Bonchev–Trinajstić information content (AvgIpc) is 2.65. The van der Waals surface area contributed by atoms with E-state index in [2.05, 4.69) is 32.6 Å². The predicted molar refractivity (Wildman–Crippen MR) is 74.7 cm³/mol. The van der Waals surface area contributed by atoms with Gasteiger partial charge in [-0.25, -0.2) is 0 Å². The van der Waals surface area contributed by atoms with Crippen LogP contribution in [0.4, 0.5) is 0 Å². The molecule has 0 saturated heterocycles. The van der Waals surface area contributed by atoms with Crippen LogP contribution in [0.1, 0.15) is 53.4 Å². The Bertz CT molecular complexity index is 258. The van der Waals surface area contributed by atoms with Crippen molar-refractivity contribution in [2.24, 2.45) is 17.3 Å². The van der Waals surface area contributed by atoms with Crippen LogP contribution in [0.25, 0.3) is 0 Å². The second kappa shape index (κ2) is 6.55. The zero-order valence-electron chi connectivity index (χ0n) is 12.4. The summed E-state index contributed by atoms with van der Waals surface area (Å²) >= 11 is 0. The van der Waals surface area contributed by atoms with Gasteiger partial charge in [0.15, 0.2) is 0 Å². The smallest absolute Gasteiger partial charge is 0.310 e. The normalized spacial score (nSPS) is 19.1. The molecule has 18 heavy (non-hydrogen) atoms. The largest absolute Gasteiger partial charge is 0.481 e. The van der Waals surface area contributed by atoms with Crippen molar-refractivity contribution in [3.8, 4) is 0 Å². The van der Waals surface area contributed by atoms with E-state index in [1.165, 1.54) is 0 Å². The summed E-state index contributed by atoms with van der Waals surface area (Å²) < 4.78 is 0. The van der Waals surface area contributed by atoms with Crippen molar-refractivity contribution >= 4 is 5.97 Å². The molecule has 1 fully saturated rings. The highest BCUT2D eigenvalue weighted by atomic mass is 16.4. The lowest BCUT2D eigenvalue weighted by molar-refractivity contribution is -0.150. The standard InChI is InChI=1S/C15H29NO2/c1-12(2)9-16(10-13(3)4)11-15(14(17)18)7-5-6-8-15/h12-13H,5-11H2,1-4H3,(H,17,18). The number of carboxylic acid groups (broad SMARTS) is 1. The van der Waals surface area contributed by atoms with Crippen LogP contribution in [0, 0.1) is 17.3 Å². The highest BCUT2D eigenvalue weighted by molar-refractivity contribution is 5.75. The summed E-state index contributed by atoms with van der Waals surface area (Å²) in [6.45, 7) is 11.6. The van der Waals surface area contributed by atoms with Crippen molar-refractivity contribution in [1.29, 1.82) is 0 Å². The summed E-state index contributed by atoms with van der Waals surface area (Å²) in [7, 11) is 0. The SMILES string of the molecule is CC(C)CN(CC(C)C)CC1(C(=O)O)CCCC1. The zero-order valence-corrected chi connectivity index (χ0v) is 12.4. The number of aliphatic carboxylic acids is 1. The minimum absolute atomic E-state index is 0.468. The molecule has 0 heterocycles. The van der Waals surface area contributed by atoms with Crippen molar-refractivity contribution in [3.63, 3.8) is 0 Å². The van der Waals surface area contributed by atoms with Gasteiger partial charge in [0.1, 0.15) is 0 Å². The van der Waals surface area contributed by atoms with Gasteiger partial charge < -0.3 is 10.0 Å². The van der Waals surface area contributed by atoms with Crippen LogP contribution >= 0.6 is 0 Å². The number of hydrogen-bond acceptors (Lipinski definition) is 2. The van der Waals surface area contributed by atoms with Crippen molar-refractivity contribution in [2.75, 3.05) is 19.6 Å². The summed E-state index contributed by atoms with van der Waals surface area (Å²) in [4.78, 5) is 14.0. The number of rotatable bonds is 7. The van der Waals surface area contributed by atoms with Crippen LogP contribution in [-0.2, 0) is 4.79 Å². The average molecular weight is 255 g/mol. The molecule has 3 heteroatoms. The van der Waals surface area contributed by atoms with Gasteiger partial charge in [0.05, 0.1) is 5.41 Å². The van der Waals surface area contributed by atoms with Crippen molar-refractivity contribution in [3.05, 3.63) is 0 Å². The Labute approximate surface area is 112 Å². The Hall–Kier alpha value is -0.570. The first-order valence-electron chi connectivity index (χ1n) is 7.31. The van der Waals surface area contributed by atoms with E-state index >= 15 is 0 Å². The second-order valence-electron chi connectivity index (χ2n) is 6.77. The van der Waals surface area contributed by atoms with Gasteiger partial charge in [0.2, 0.25) is 0 Å². The molecule has 1 saturated carbocycles. The lowest BCUT2D eigenvalue weighted by Gasteiger charge is -2.34. The number of hydrogen-bond donors (Lipinski definition) is 1. The molecule has 0 amide bonds. The van der Waals surface area contributed by atoms with Gasteiger partial charge in [-0.05, 0) is 24.7 Å². The van der Waals surface area contributed by atoms with E-state index in [9.17, 15) is 9.90 Å². The Morgan fingerprint density at radius 2 is 1.56 bits per heavy atom. The van der Waals surface area contributed by atoms with E-state index in [4.69, 9.17) is 0 Å². The third-order valence-electron chi connectivity index (χ3n) is 3.79.